The Kier molecular flexibility index (Phi) is 8.50. The Morgan fingerprint density at radius 3 is 2.55 bits per heavy atom. The highest BCUT2D eigenvalue weighted by Gasteiger charge is 2.25. The molecule has 3 aromatic rings. The van der Waals surface area contributed by atoms with E-state index in [1.807, 2.05) is 11.0 Å². The van der Waals surface area contributed by atoms with Gasteiger partial charge in [0.05, 0.1) is 44.1 Å². The van der Waals surface area contributed by atoms with Gasteiger partial charge >= 0.3 is 0 Å². The van der Waals surface area contributed by atoms with Gasteiger partial charge in [0.25, 0.3) is 10.0 Å². The number of hydrogen-bond acceptors (Lipinski definition) is 9. The van der Waals surface area contributed by atoms with Crippen LogP contribution < -0.4 is 19.7 Å². The third-order valence-electron chi connectivity index (χ3n) is 7.04. The maximum Gasteiger partial charge on any atom is 0.267 e. The van der Waals surface area contributed by atoms with E-state index in [9.17, 15) is 8.42 Å². The van der Waals surface area contributed by atoms with Gasteiger partial charge in [-0.15, -0.1) is 0 Å². The van der Waals surface area contributed by atoms with Crippen molar-refractivity contribution in [2.75, 3.05) is 56.1 Å². The molecular weight excluding hydrogens is 535 g/mol. The predicted molar refractivity (Wildman–Crippen MR) is 152 cm³/mol. The third-order valence-corrected chi connectivity index (χ3v) is 8.41. The fraction of sp³-hybridized carbons (Fsp3) is 0.429. The first-order valence-corrected chi connectivity index (χ1v) is 14.8. The molecule has 0 radical (unpaired) electrons. The maximum absolute atomic E-state index is 15.3. The number of nitrogens with one attached hydrogen (secondary N) is 2. The van der Waals surface area contributed by atoms with Crippen LogP contribution in [0.4, 0.5) is 15.8 Å². The minimum atomic E-state index is -4.10. The van der Waals surface area contributed by atoms with E-state index in [2.05, 4.69) is 38.8 Å². The third kappa shape index (κ3) is 6.52. The zero-order valence-electron chi connectivity index (χ0n) is 22.9. The number of nitrogens with zero attached hydrogens (tertiary/aromatic N) is 4. The summed E-state index contributed by atoms with van der Waals surface area (Å²) in [4.78, 5) is 12.6. The quantitative estimate of drug-likeness (QED) is 0.422. The van der Waals surface area contributed by atoms with E-state index in [0.29, 0.717) is 61.7 Å². The lowest BCUT2D eigenvalue weighted by molar-refractivity contribution is 0.122. The molecule has 5 rings (SSSR count). The second-order valence-electron chi connectivity index (χ2n) is 10.3. The van der Waals surface area contributed by atoms with Crippen molar-refractivity contribution in [1.82, 2.24) is 20.2 Å². The van der Waals surface area contributed by atoms with Gasteiger partial charge in [0.15, 0.2) is 4.90 Å². The van der Waals surface area contributed by atoms with E-state index < -0.39 is 10.0 Å². The lowest BCUT2D eigenvalue weighted by atomic mass is 10.0. The average Bonchev–Trinajstić information content (AvgIpc) is 2.92. The lowest BCUT2D eigenvalue weighted by Crippen LogP contribution is -2.53. The normalized spacial score (nSPS) is 20.4. The van der Waals surface area contributed by atoms with Crippen LogP contribution in [0.1, 0.15) is 19.4 Å². The Bertz CT molecular complexity index is 1440. The summed E-state index contributed by atoms with van der Waals surface area (Å²) < 4.78 is 55.3. The smallest absolute Gasteiger partial charge is 0.267 e. The molecule has 4 heterocycles. The number of benzene rings is 1. The second-order valence-corrected chi connectivity index (χ2v) is 12.0. The number of halogens is 1. The van der Waals surface area contributed by atoms with Gasteiger partial charge in [-0.05, 0) is 37.6 Å². The molecule has 2 aromatic heterocycles. The van der Waals surface area contributed by atoms with E-state index in [1.54, 1.807) is 18.3 Å². The van der Waals surface area contributed by atoms with Crippen molar-refractivity contribution in [3.05, 3.63) is 60.3 Å². The van der Waals surface area contributed by atoms with Gasteiger partial charge in [0.1, 0.15) is 5.82 Å². The number of sulfonamides is 1. The lowest BCUT2D eigenvalue weighted by Gasteiger charge is -2.36. The summed E-state index contributed by atoms with van der Waals surface area (Å²) in [6.07, 6.45) is 4.48. The molecule has 2 atom stereocenters. The van der Waals surface area contributed by atoms with Crippen molar-refractivity contribution >= 4 is 21.4 Å². The SMILES string of the molecule is COc1ncc(N2CCOCC2)cc1S(=O)(=O)Nc1cncc(-c2ccc(CN3C[C@@H](C)N[C@@H](C)C3)cc2F)c1. The predicted octanol–water partition coefficient (Wildman–Crippen LogP) is 3.11. The maximum atomic E-state index is 15.3. The van der Waals surface area contributed by atoms with Gasteiger partial charge in [0, 0.05) is 62.1 Å². The highest BCUT2D eigenvalue weighted by molar-refractivity contribution is 7.92. The van der Waals surface area contributed by atoms with Crippen LogP contribution in [-0.4, -0.2) is 81.9 Å². The van der Waals surface area contributed by atoms with Crippen LogP contribution in [-0.2, 0) is 21.3 Å². The van der Waals surface area contributed by atoms with Crippen LogP contribution in [0, 0.1) is 5.82 Å². The molecule has 0 saturated carbocycles. The van der Waals surface area contributed by atoms with Crippen molar-refractivity contribution in [2.45, 2.75) is 37.4 Å². The van der Waals surface area contributed by atoms with Crippen molar-refractivity contribution in [2.24, 2.45) is 0 Å². The molecule has 0 bridgehead atoms. The van der Waals surface area contributed by atoms with E-state index in [4.69, 9.17) is 9.47 Å². The summed E-state index contributed by atoms with van der Waals surface area (Å²) in [7, 11) is -2.73. The fourth-order valence-corrected chi connectivity index (χ4v) is 6.51. The molecule has 12 heteroatoms. The van der Waals surface area contributed by atoms with Crippen molar-refractivity contribution in [3.63, 3.8) is 0 Å². The highest BCUT2D eigenvalue weighted by Crippen LogP contribution is 2.30. The molecule has 2 saturated heterocycles. The molecule has 0 aliphatic carbocycles. The van der Waals surface area contributed by atoms with Crippen molar-refractivity contribution < 1.29 is 22.3 Å². The van der Waals surface area contributed by atoms with Crippen molar-refractivity contribution in [3.8, 4) is 17.0 Å². The molecule has 0 amide bonds. The van der Waals surface area contributed by atoms with Crippen LogP contribution in [0.2, 0.25) is 0 Å². The van der Waals surface area contributed by atoms with Gasteiger partial charge in [-0.1, -0.05) is 12.1 Å². The van der Waals surface area contributed by atoms with Crippen LogP contribution in [0.3, 0.4) is 0 Å². The van der Waals surface area contributed by atoms with E-state index in [0.717, 1.165) is 18.7 Å². The van der Waals surface area contributed by atoms with Crippen LogP contribution in [0.5, 0.6) is 5.88 Å². The summed E-state index contributed by atoms with van der Waals surface area (Å²) >= 11 is 0. The number of aromatic nitrogens is 2. The van der Waals surface area contributed by atoms with Gasteiger partial charge < -0.3 is 19.7 Å². The molecule has 40 heavy (non-hydrogen) atoms. The number of piperazine rings is 1. The molecular formula is C28H35FN6O4S. The largest absolute Gasteiger partial charge is 0.480 e. The van der Waals surface area contributed by atoms with Gasteiger partial charge in [0.2, 0.25) is 5.88 Å². The van der Waals surface area contributed by atoms with Crippen LogP contribution in [0.15, 0.2) is 53.8 Å². The summed E-state index contributed by atoms with van der Waals surface area (Å²) in [6, 6.07) is 9.01. The van der Waals surface area contributed by atoms with E-state index >= 15 is 4.39 Å². The molecule has 2 fully saturated rings. The first kappa shape index (κ1) is 28.2. The number of pyridine rings is 2. The Morgan fingerprint density at radius 1 is 1.10 bits per heavy atom. The first-order chi connectivity index (χ1) is 19.2. The topological polar surface area (TPSA) is 109 Å². The average molecular weight is 571 g/mol. The van der Waals surface area contributed by atoms with Crippen molar-refractivity contribution in [1.29, 1.82) is 0 Å². The number of hydrogen-bond donors (Lipinski definition) is 2. The van der Waals surface area contributed by atoms with E-state index in [1.165, 1.54) is 31.6 Å². The van der Waals surface area contributed by atoms with Gasteiger partial charge in [-0.3, -0.25) is 14.6 Å². The monoisotopic (exact) mass is 570 g/mol. The fourth-order valence-electron chi connectivity index (χ4n) is 5.33. The van der Waals surface area contributed by atoms with Gasteiger partial charge in [-0.25, -0.2) is 17.8 Å². The molecule has 2 aliphatic heterocycles. The second kappa shape index (κ2) is 12.0. The molecule has 1 aromatic carbocycles. The summed E-state index contributed by atoms with van der Waals surface area (Å²) in [5.74, 6) is -0.414. The molecule has 2 N–H and O–H groups in total. The number of rotatable bonds is 8. The number of methoxy groups -OCH3 is 1. The van der Waals surface area contributed by atoms with E-state index in [-0.39, 0.29) is 22.3 Å². The Balaban J connectivity index is 1.35. The zero-order valence-corrected chi connectivity index (χ0v) is 23.7. The molecule has 0 spiro atoms. The molecule has 214 valence electrons. The molecule has 0 unspecified atom stereocenters. The van der Waals surface area contributed by atoms with Crippen LogP contribution >= 0.6 is 0 Å². The summed E-state index contributed by atoms with van der Waals surface area (Å²) in [5.41, 5.74) is 2.53. The van der Waals surface area contributed by atoms with Gasteiger partial charge in [-0.2, -0.15) is 0 Å². The Morgan fingerprint density at radius 2 is 1.85 bits per heavy atom. The Hall–Kier alpha value is -3.32. The minimum absolute atomic E-state index is 0.0245. The van der Waals surface area contributed by atoms with Crippen LogP contribution in [0.25, 0.3) is 11.1 Å². The number of ether oxygens (including phenoxy) is 2. The Labute approximate surface area is 234 Å². The molecule has 10 nitrogen and oxygen atoms in total. The first-order valence-electron chi connectivity index (χ1n) is 13.3. The minimum Gasteiger partial charge on any atom is -0.480 e. The standard InChI is InChI=1S/C28H35FN6O4S/c1-19-16-34(17-20(2)32-19)18-21-4-5-25(26(29)10-21)22-11-23(14-30-13-22)33-40(36,37)27-12-24(15-31-28(27)38-3)35-6-8-39-9-7-35/h4-5,10-15,19-20,32-33H,6-9,16-18H2,1-3H3/t19-,20+. The summed E-state index contributed by atoms with van der Waals surface area (Å²) in [6.45, 7) is 9.11. The summed E-state index contributed by atoms with van der Waals surface area (Å²) in [5, 5.41) is 3.50. The molecule has 2 aliphatic rings. The number of anilines is 2. The number of morpholine rings is 1. The highest BCUT2D eigenvalue weighted by atomic mass is 32.2. The zero-order chi connectivity index (χ0) is 28.3.